The van der Waals surface area contributed by atoms with Gasteiger partial charge in [0.2, 0.25) is 5.54 Å². The molecule has 1 N–H and O–H groups in total. The summed E-state index contributed by atoms with van der Waals surface area (Å²) in [5, 5.41) is 14.5. The highest BCUT2D eigenvalue weighted by molar-refractivity contribution is 6.32. The maximum Gasteiger partial charge on any atom is 0.328 e. The van der Waals surface area contributed by atoms with Crippen LogP contribution in [0.1, 0.15) is 11.1 Å². The minimum absolute atomic E-state index is 0.164. The van der Waals surface area contributed by atoms with Crippen molar-refractivity contribution in [2.24, 2.45) is 0 Å². The molecule has 0 bridgehead atoms. The van der Waals surface area contributed by atoms with Crippen molar-refractivity contribution in [2.75, 3.05) is 18.5 Å². The third-order valence-electron chi connectivity index (χ3n) is 7.25. The summed E-state index contributed by atoms with van der Waals surface area (Å²) in [7, 11) is 1.36. The zero-order chi connectivity index (χ0) is 28.2. The van der Waals surface area contributed by atoms with Crippen LogP contribution in [-0.2, 0) is 26.5 Å². The molecule has 2 aliphatic heterocycles. The van der Waals surface area contributed by atoms with Gasteiger partial charge in [0.15, 0.2) is 0 Å². The van der Waals surface area contributed by atoms with Gasteiger partial charge >= 0.3 is 12.0 Å². The number of halogens is 1. The smallest absolute Gasteiger partial charge is 0.328 e. The Morgan fingerprint density at radius 1 is 0.925 bits per heavy atom. The fraction of sp³-hybridized carbons (Fsp3) is 0.138. The fourth-order valence-corrected chi connectivity index (χ4v) is 5.59. The maximum atomic E-state index is 14.2. The zero-order valence-corrected chi connectivity index (χ0v) is 21.9. The number of carbonyl (C=O) groups excluding carboxylic acids is 3. The Hall–Kier alpha value is -4.96. The number of nitrogens with zero attached hydrogens (tertiary/aromatic N) is 5. The number of likely N-dealkylation sites (N-methyl/N-ethyl adjacent to an activating group) is 1. The molecule has 2 aliphatic rings. The Morgan fingerprint density at radius 3 is 2.25 bits per heavy atom. The molecule has 6 rings (SSSR count). The molecule has 1 atom stereocenters. The molecule has 0 radical (unpaired) electrons. The number of para-hydroxylation sites is 1. The second-order valence-electron chi connectivity index (χ2n) is 9.54. The molecule has 3 heterocycles. The summed E-state index contributed by atoms with van der Waals surface area (Å²) in [4.78, 5) is 56.4. The molecule has 1 saturated heterocycles. The SMILES string of the molecule is CN1C(=O)N(Cc2cn(-c3ccccc3)nc2-c2ccccc2)C(=O)[C@]12C(=O)N(CC(=O)O)c1ccc(Cl)cc12. The number of fused-ring (bicyclic) bond motifs is 2. The van der Waals surface area contributed by atoms with E-state index in [-0.39, 0.29) is 22.8 Å². The number of carboxylic acids is 1. The van der Waals surface area contributed by atoms with E-state index in [0.29, 0.717) is 11.3 Å². The van der Waals surface area contributed by atoms with Crippen molar-refractivity contribution in [2.45, 2.75) is 12.1 Å². The molecule has 200 valence electrons. The Morgan fingerprint density at radius 2 is 1.57 bits per heavy atom. The van der Waals surface area contributed by atoms with Gasteiger partial charge in [-0.2, -0.15) is 5.10 Å². The van der Waals surface area contributed by atoms with Crippen LogP contribution in [-0.4, -0.2) is 62.1 Å². The van der Waals surface area contributed by atoms with Crippen LogP contribution in [0.25, 0.3) is 16.9 Å². The summed E-state index contributed by atoms with van der Waals surface area (Å²) in [6, 6.07) is 22.5. The van der Waals surface area contributed by atoms with Crippen LogP contribution in [0.3, 0.4) is 0 Å². The van der Waals surface area contributed by atoms with Crippen molar-refractivity contribution < 1.29 is 24.3 Å². The number of aliphatic carboxylic acids is 1. The van der Waals surface area contributed by atoms with Crippen LogP contribution in [0.2, 0.25) is 5.02 Å². The lowest BCUT2D eigenvalue weighted by molar-refractivity contribution is -0.143. The van der Waals surface area contributed by atoms with E-state index in [1.165, 1.54) is 25.2 Å². The molecule has 0 aliphatic carbocycles. The highest BCUT2D eigenvalue weighted by Gasteiger charge is 2.67. The number of hydrogen-bond donors (Lipinski definition) is 1. The van der Waals surface area contributed by atoms with Crippen LogP contribution in [0, 0.1) is 0 Å². The standard InChI is InChI=1S/C29H22ClN5O5/c1-32-28(40)34(27(39)29(32)22-14-20(30)12-13-23(22)33(26(29)38)17-24(36)37)15-19-16-35(21-10-6-3-7-11-21)31-25(19)18-8-4-2-5-9-18/h2-14,16H,15,17H2,1H3,(H,36,37)/t29-/m0/s1. The number of anilines is 1. The zero-order valence-electron chi connectivity index (χ0n) is 21.2. The number of urea groups is 1. The van der Waals surface area contributed by atoms with Gasteiger partial charge in [-0.25, -0.2) is 9.48 Å². The fourth-order valence-electron chi connectivity index (χ4n) is 5.41. The van der Waals surface area contributed by atoms with Crippen molar-refractivity contribution in [3.63, 3.8) is 0 Å². The van der Waals surface area contributed by atoms with E-state index < -0.39 is 35.9 Å². The van der Waals surface area contributed by atoms with Gasteiger partial charge in [-0.05, 0) is 30.3 Å². The van der Waals surface area contributed by atoms with Gasteiger partial charge in [0.1, 0.15) is 6.54 Å². The van der Waals surface area contributed by atoms with Gasteiger partial charge in [0.25, 0.3) is 11.8 Å². The largest absolute Gasteiger partial charge is 0.480 e. The minimum atomic E-state index is -2.07. The number of carboxylic acid groups (broad SMARTS) is 1. The molecular formula is C29H22ClN5O5. The quantitative estimate of drug-likeness (QED) is 0.285. The van der Waals surface area contributed by atoms with Crippen LogP contribution >= 0.6 is 11.6 Å². The van der Waals surface area contributed by atoms with Crippen molar-refractivity contribution in [1.82, 2.24) is 19.6 Å². The lowest BCUT2D eigenvalue weighted by Gasteiger charge is -2.27. The van der Waals surface area contributed by atoms with Gasteiger partial charge in [-0.15, -0.1) is 0 Å². The third kappa shape index (κ3) is 3.68. The Bertz CT molecular complexity index is 1690. The average molecular weight is 556 g/mol. The number of carbonyl (C=O) groups is 4. The topological polar surface area (TPSA) is 116 Å². The monoisotopic (exact) mass is 555 g/mol. The van der Waals surface area contributed by atoms with Crippen molar-refractivity contribution in [1.29, 1.82) is 0 Å². The van der Waals surface area contributed by atoms with Gasteiger partial charge in [0, 0.05) is 35.0 Å². The number of rotatable bonds is 6. The second-order valence-corrected chi connectivity index (χ2v) is 9.98. The first kappa shape index (κ1) is 25.3. The van der Waals surface area contributed by atoms with Gasteiger partial charge in [0.05, 0.1) is 23.6 Å². The first-order valence-corrected chi connectivity index (χ1v) is 12.7. The lowest BCUT2D eigenvalue weighted by Crippen LogP contribution is -2.53. The van der Waals surface area contributed by atoms with Crippen molar-refractivity contribution >= 4 is 41.1 Å². The Balaban J connectivity index is 1.45. The molecule has 0 saturated carbocycles. The molecule has 1 spiro atoms. The normalized spacial score (nSPS) is 18.2. The third-order valence-corrected chi connectivity index (χ3v) is 7.48. The molecule has 4 aromatic rings. The summed E-state index contributed by atoms with van der Waals surface area (Å²) < 4.78 is 1.67. The van der Waals surface area contributed by atoms with Crippen molar-refractivity contribution in [3.05, 3.63) is 101 Å². The van der Waals surface area contributed by atoms with E-state index in [2.05, 4.69) is 0 Å². The number of amides is 4. The van der Waals surface area contributed by atoms with Crippen molar-refractivity contribution in [3.8, 4) is 16.9 Å². The molecule has 4 amide bonds. The number of hydrogen-bond acceptors (Lipinski definition) is 5. The van der Waals surface area contributed by atoms with E-state index in [9.17, 15) is 24.3 Å². The molecule has 3 aromatic carbocycles. The van der Waals surface area contributed by atoms with E-state index >= 15 is 0 Å². The summed E-state index contributed by atoms with van der Waals surface area (Å²) in [5.41, 5.74) is 1.04. The van der Waals surface area contributed by atoms with Crippen LogP contribution < -0.4 is 4.90 Å². The van der Waals surface area contributed by atoms with E-state index in [1.54, 1.807) is 10.9 Å². The maximum absolute atomic E-state index is 14.2. The first-order valence-electron chi connectivity index (χ1n) is 12.4. The van der Waals surface area contributed by atoms with E-state index in [4.69, 9.17) is 16.7 Å². The van der Waals surface area contributed by atoms with E-state index in [0.717, 1.165) is 26.0 Å². The molecule has 0 unspecified atom stereocenters. The number of imide groups is 1. The highest BCUT2D eigenvalue weighted by Crippen LogP contribution is 2.49. The second kappa shape index (κ2) is 9.35. The van der Waals surface area contributed by atoms with Gasteiger partial charge < -0.3 is 10.0 Å². The van der Waals surface area contributed by atoms with Gasteiger partial charge in [-0.1, -0.05) is 60.1 Å². The molecule has 1 fully saturated rings. The van der Waals surface area contributed by atoms with Gasteiger partial charge in [-0.3, -0.25) is 24.2 Å². The van der Waals surface area contributed by atoms with Crippen LogP contribution in [0.5, 0.6) is 0 Å². The summed E-state index contributed by atoms with van der Waals surface area (Å²) in [6.07, 6.45) is 1.75. The molecule has 1 aromatic heterocycles. The average Bonchev–Trinajstić information content (AvgIpc) is 3.54. The minimum Gasteiger partial charge on any atom is -0.480 e. The summed E-state index contributed by atoms with van der Waals surface area (Å²) >= 11 is 6.25. The Labute approximate surface area is 233 Å². The predicted octanol–water partition coefficient (Wildman–Crippen LogP) is 3.91. The highest BCUT2D eigenvalue weighted by atomic mass is 35.5. The molecule has 10 nitrogen and oxygen atoms in total. The first-order chi connectivity index (χ1) is 19.2. The predicted molar refractivity (Wildman–Crippen MR) is 146 cm³/mol. The van der Waals surface area contributed by atoms with Crippen LogP contribution in [0.15, 0.2) is 85.1 Å². The van der Waals surface area contributed by atoms with Crippen LogP contribution in [0.4, 0.5) is 10.5 Å². The van der Waals surface area contributed by atoms with E-state index in [1.807, 2.05) is 60.7 Å². The lowest BCUT2D eigenvalue weighted by atomic mass is 9.90. The molecular weight excluding hydrogens is 534 g/mol. The summed E-state index contributed by atoms with van der Waals surface area (Å²) in [6.45, 7) is -0.838. The Kier molecular flexibility index (Phi) is 5.92. The summed E-state index contributed by atoms with van der Waals surface area (Å²) in [5.74, 6) is -2.87. The number of aromatic nitrogens is 2. The number of benzene rings is 3. The molecule has 11 heteroatoms. The molecule has 40 heavy (non-hydrogen) atoms.